The summed E-state index contributed by atoms with van der Waals surface area (Å²) in [5, 5.41) is 17.5. The number of anilines is 1. The van der Waals surface area contributed by atoms with Crippen LogP contribution in [0.15, 0.2) is 74.7 Å². The van der Waals surface area contributed by atoms with Gasteiger partial charge in [-0.3, -0.25) is 4.79 Å². The maximum atomic E-state index is 12.6. The molecule has 0 spiro atoms. The first-order valence-corrected chi connectivity index (χ1v) is 10.6. The number of benzene rings is 2. The molecule has 0 atom stereocenters. The first-order chi connectivity index (χ1) is 16.6. The van der Waals surface area contributed by atoms with E-state index in [1.165, 1.54) is 5.01 Å². The maximum Gasteiger partial charge on any atom is 0.355 e. The number of esters is 1. The Hall–Kier alpha value is -4.60. The smallest absolute Gasteiger partial charge is 0.355 e. The Kier molecular flexibility index (Phi) is 5.69. The van der Waals surface area contributed by atoms with E-state index in [1.807, 2.05) is 36.4 Å². The molecule has 1 amide bonds. The van der Waals surface area contributed by atoms with Crippen LogP contribution in [0.4, 0.5) is 5.69 Å². The van der Waals surface area contributed by atoms with Crippen LogP contribution in [0.3, 0.4) is 0 Å². The Bertz CT molecular complexity index is 1360. The fourth-order valence-corrected chi connectivity index (χ4v) is 3.51. The summed E-state index contributed by atoms with van der Waals surface area (Å²) in [4.78, 5) is 24.8. The molecule has 3 heterocycles. The van der Waals surface area contributed by atoms with Gasteiger partial charge in [-0.25, -0.2) is 9.80 Å². The van der Waals surface area contributed by atoms with E-state index >= 15 is 0 Å². The highest BCUT2D eigenvalue weighted by Crippen LogP contribution is 2.33. The SMILES string of the molecule is Cc1onc(-c2ccccc2)c1-c1nnc(COC(=O)C2=NN(c3ccccc3)C(=O)CC2)o1. The summed E-state index contributed by atoms with van der Waals surface area (Å²) in [6.45, 7) is 1.51. The van der Waals surface area contributed by atoms with Gasteiger partial charge in [0.25, 0.3) is 11.8 Å². The number of para-hydroxylation sites is 1. The van der Waals surface area contributed by atoms with Crippen LogP contribution in [0.1, 0.15) is 24.5 Å². The van der Waals surface area contributed by atoms with Crippen LogP contribution in [0, 0.1) is 6.92 Å². The number of carbonyl (C=O) groups excluding carboxylic acids is 2. The molecule has 5 rings (SSSR count). The van der Waals surface area contributed by atoms with Crippen LogP contribution in [0.2, 0.25) is 0 Å². The van der Waals surface area contributed by atoms with Crippen molar-refractivity contribution in [2.45, 2.75) is 26.4 Å². The molecular weight excluding hydrogens is 438 g/mol. The van der Waals surface area contributed by atoms with Gasteiger partial charge in [0.2, 0.25) is 5.91 Å². The average molecular weight is 457 g/mol. The molecule has 2 aromatic carbocycles. The van der Waals surface area contributed by atoms with Gasteiger partial charge >= 0.3 is 5.97 Å². The Labute approximate surface area is 193 Å². The molecule has 1 aliphatic heterocycles. The second-order valence-electron chi connectivity index (χ2n) is 7.49. The highest BCUT2D eigenvalue weighted by atomic mass is 16.5. The topological polar surface area (TPSA) is 124 Å². The van der Waals surface area contributed by atoms with E-state index in [9.17, 15) is 9.59 Å². The van der Waals surface area contributed by atoms with Crippen LogP contribution in [0.25, 0.3) is 22.7 Å². The summed E-state index contributed by atoms with van der Waals surface area (Å²) in [7, 11) is 0. The largest absolute Gasteiger partial charge is 0.451 e. The summed E-state index contributed by atoms with van der Waals surface area (Å²) >= 11 is 0. The van der Waals surface area contributed by atoms with E-state index in [4.69, 9.17) is 13.7 Å². The number of hydrogen-bond acceptors (Lipinski definition) is 9. The predicted molar refractivity (Wildman–Crippen MR) is 120 cm³/mol. The molecule has 10 nitrogen and oxygen atoms in total. The van der Waals surface area contributed by atoms with Crippen molar-refractivity contribution in [3.8, 4) is 22.7 Å². The Morgan fingerprint density at radius 3 is 2.53 bits per heavy atom. The lowest BCUT2D eigenvalue weighted by Crippen LogP contribution is -2.34. The van der Waals surface area contributed by atoms with Crippen molar-refractivity contribution >= 4 is 23.3 Å². The first kappa shape index (κ1) is 21.3. The molecule has 10 heteroatoms. The van der Waals surface area contributed by atoms with Crippen molar-refractivity contribution in [3.63, 3.8) is 0 Å². The van der Waals surface area contributed by atoms with Gasteiger partial charge in [0, 0.05) is 18.4 Å². The summed E-state index contributed by atoms with van der Waals surface area (Å²) in [6, 6.07) is 18.4. The fourth-order valence-electron chi connectivity index (χ4n) is 3.51. The third kappa shape index (κ3) is 4.20. The molecule has 2 aromatic heterocycles. The molecule has 0 N–H and O–H groups in total. The number of nitrogens with zero attached hydrogens (tertiary/aromatic N) is 5. The van der Waals surface area contributed by atoms with Crippen LogP contribution in [-0.2, 0) is 20.9 Å². The number of hydrazone groups is 1. The monoisotopic (exact) mass is 457 g/mol. The Morgan fingerprint density at radius 1 is 1.03 bits per heavy atom. The van der Waals surface area contributed by atoms with Gasteiger partial charge in [0.05, 0.1) is 5.69 Å². The molecule has 0 aliphatic carbocycles. The van der Waals surface area contributed by atoms with Gasteiger partial charge in [-0.2, -0.15) is 5.10 Å². The van der Waals surface area contributed by atoms with Gasteiger partial charge in [-0.15, -0.1) is 10.2 Å². The van der Waals surface area contributed by atoms with Gasteiger partial charge in [-0.1, -0.05) is 53.7 Å². The van der Waals surface area contributed by atoms with Gasteiger partial charge in [0.1, 0.15) is 22.7 Å². The number of ether oxygens (including phenoxy) is 1. The van der Waals surface area contributed by atoms with Crippen LogP contribution < -0.4 is 5.01 Å². The number of amides is 1. The molecule has 170 valence electrons. The fraction of sp³-hybridized carbons (Fsp3) is 0.167. The zero-order valence-corrected chi connectivity index (χ0v) is 18.2. The summed E-state index contributed by atoms with van der Waals surface area (Å²) in [5.41, 5.74) is 2.72. The number of aryl methyl sites for hydroxylation is 1. The second-order valence-corrected chi connectivity index (χ2v) is 7.49. The average Bonchev–Trinajstić information content (AvgIpc) is 3.50. The van der Waals surface area contributed by atoms with Gasteiger partial charge in [-0.05, 0) is 19.1 Å². The zero-order valence-electron chi connectivity index (χ0n) is 18.2. The summed E-state index contributed by atoms with van der Waals surface area (Å²) in [5.74, 6) is -0.00919. The predicted octanol–water partition coefficient (Wildman–Crippen LogP) is 3.93. The van der Waals surface area contributed by atoms with Crippen molar-refractivity contribution < 1.29 is 23.3 Å². The molecule has 34 heavy (non-hydrogen) atoms. The summed E-state index contributed by atoms with van der Waals surface area (Å²) < 4.78 is 16.4. The lowest BCUT2D eigenvalue weighted by atomic mass is 10.1. The minimum absolute atomic E-state index is 0.107. The zero-order chi connectivity index (χ0) is 23.5. The van der Waals surface area contributed by atoms with Gasteiger partial charge < -0.3 is 13.7 Å². The molecule has 0 saturated carbocycles. The van der Waals surface area contributed by atoms with Crippen LogP contribution >= 0.6 is 0 Å². The third-order valence-electron chi connectivity index (χ3n) is 5.19. The Balaban J connectivity index is 1.30. The standard InChI is InChI=1S/C24H19N5O5/c1-15-21(22(28-34-15)16-8-4-2-5-9-16)23-26-25-19(33-23)14-32-24(31)18-12-13-20(30)29(27-18)17-10-6-3-7-11-17/h2-11H,12-14H2,1H3. The normalized spacial score (nSPS) is 13.6. The lowest BCUT2D eigenvalue weighted by molar-refractivity contribution is -0.137. The van der Waals surface area contributed by atoms with E-state index < -0.39 is 5.97 Å². The van der Waals surface area contributed by atoms with Crippen molar-refractivity contribution in [1.82, 2.24) is 15.4 Å². The number of aromatic nitrogens is 3. The molecule has 0 fully saturated rings. The van der Waals surface area contributed by atoms with E-state index in [-0.39, 0.29) is 42.8 Å². The maximum absolute atomic E-state index is 12.6. The quantitative estimate of drug-likeness (QED) is 0.399. The van der Waals surface area contributed by atoms with Crippen LogP contribution in [0.5, 0.6) is 0 Å². The van der Waals surface area contributed by atoms with Crippen molar-refractivity contribution in [1.29, 1.82) is 0 Å². The van der Waals surface area contributed by atoms with Crippen molar-refractivity contribution in [2.24, 2.45) is 5.10 Å². The highest BCUT2D eigenvalue weighted by molar-refractivity contribution is 6.37. The molecule has 4 aromatic rings. The highest BCUT2D eigenvalue weighted by Gasteiger charge is 2.27. The molecule has 0 bridgehead atoms. The minimum atomic E-state index is -0.653. The number of rotatable bonds is 6. The molecule has 0 unspecified atom stereocenters. The Morgan fingerprint density at radius 2 is 1.76 bits per heavy atom. The molecule has 1 aliphatic rings. The molecule has 0 saturated heterocycles. The third-order valence-corrected chi connectivity index (χ3v) is 5.19. The van der Waals surface area contributed by atoms with Gasteiger partial charge in [0.15, 0.2) is 6.61 Å². The van der Waals surface area contributed by atoms with Crippen molar-refractivity contribution in [2.75, 3.05) is 5.01 Å². The molecular formula is C24H19N5O5. The van der Waals surface area contributed by atoms with E-state index in [0.717, 1.165) is 5.56 Å². The first-order valence-electron chi connectivity index (χ1n) is 10.6. The number of hydrogen-bond donors (Lipinski definition) is 0. The van der Waals surface area contributed by atoms with E-state index in [2.05, 4.69) is 20.5 Å². The number of carbonyl (C=O) groups is 2. The van der Waals surface area contributed by atoms with E-state index in [0.29, 0.717) is 22.7 Å². The van der Waals surface area contributed by atoms with Crippen LogP contribution in [-0.4, -0.2) is 32.9 Å². The lowest BCUT2D eigenvalue weighted by Gasteiger charge is -2.22. The van der Waals surface area contributed by atoms with E-state index in [1.54, 1.807) is 31.2 Å². The minimum Gasteiger partial charge on any atom is -0.451 e. The second kappa shape index (κ2) is 9.10. The van der Waals surface area contributed by atoms with Crippen molar-refractivity contribution in [3.05, 3.63) is 72.3 Å². The molecule has 0 radical (unpaired) electrons. The summed E-state index contributed by atoms with van der Waals surface area (Å²) in [6.07, 6.45) is 0.346.